The van der Waals surface area contributed by atoms with Gasteiger partial charge in [0.1, 0.15) is 11.9 Å². The molecule has 8 nitrogen and oxygen atoms in total. The normalized spacial score (nSPS) is 21.7. The Morgan fingerprint density at radius 2 is 1.37 bits per heavy atom. The number of rotatable bonds is 8. The van der Waals surface area contributed by atoms with Crippen LogP contribution in [0.1, 0.15) is 26.3 Å². The van der Waals surface area contributed by atoms with Crippen molar-refractivity contribution < 1.29 is 38.4 Å². The molecular formula is C27H26O8. The van der Waals surface area contributed by atoms with Crippen molar-refractivity contribution in [2.75, 3.05) is 13.7 Å². The van der Waals surface area contributed by atoms with Gasteiger partial charge < -0.3 is 28.8 Å². The summed E-state index contributed by atoms with van der Waals surface area (Å²) in [5, 5.41) is 10.6. The Hall–Kier alpha value is -3.72. The predicted molar refractivity (Wildman–Crippen MR) is 125 cm³/mol. The number of ether oxygens (including phenoxy) is 5. The van der Waals surface area contributed by atoms with Crippen LogP contribution in [0.5, 0.6) is 5.75 Å². The zero-order valence-corrected chi connectivity index (χ0v) is 19.1. The monoisotopic (exact) mass is 478 g/mol. The maximum absolute atomic E-state index is 12.8. The van der Waals surface area contributed by atoms with Gasteiger partial charge in [-0.25, -0.2) is 9.59 Å². The number of carbonyl (C=O) groups is 2. The summed E-state index contributed by atoms with van der Waals surface area (Å²) in [4.78, 5) is 25.6. The highest BCUT2D eigenvalue weighted by atomic mass is 16.7. The highest BCUT2D eigenvalue weighted by molar-refractivity contribution is 5.90. The van der Waals surface area contributed by atoms with E-state index in [1.54, 1.807) is 79.9 Å². The van der Waals surface area contributed by atoms with Crippen molar-refractivity contribution in [3.63, 3.8) is 0 Å². The third-order valence-electron chi connectivity index (χ3n) is 5.48. The van der Waals surface area contributed by atoms with Crippen LogP contribution in [0.3, 0.4) is 0 Å². The van der Waals surface area contributed by atoms with E-state index in [0.717, 1.165) is 5.56 Å². The molecule has 1 aliphatic heterocycles. The zero-order valence-electron chi connectivity index (χ0n) is 19.1. The molecule has 0 bridgehead atoms. The molecule has 4 atom stereocenters. The molecule has 0 amide bonds. The van der Waals surface area contributed by atoms with E-state index in [4.69, 9.17) is 23.7 Å². The molecule has 0 radical (unpaired) electrons. The Balaban J connectivity index is 1.54. The standard InChI is InChI=1S/C27H26O8/c1-31-21-14-12-18(13-15-21)16-32-27-24(35-26(30)20-10-6-3-7-11-20)23(22(28)17-33-27)34-25(29)19-8-4-2-5-9-19/h2-15,22-24,27-28H,16-17H2,1H3/t22-,23-,24+,27+/m0/s1. The van der Waals surface area contributed by atoms with Gasteiger partial charge in [0.2, 0.25) is 0 Å². The van der Waals surface area contributed by atoms with E-state index in [2.05, 4.69) is 0 Å². The highest BCUT2D eigenvalue weighted by Gasteiger charge is 2.46. The maximum atomic E-state index is 12.8. The van der Waals surface area contributed by atoms with Gasteiger partial charge in [-0.1, -0.05) is 48.5 Å². The molecule has 0 unspecified atom stereocenters. The van der Waals surface area contributed by atoms with Crippen molar-refractivity contribution in [1.82, 2.24) is 0 Å². The fourth-order valence-electron chi connectivity index (χ4n) is 3.60. The van der Waals surface area contributed by atoms with Crippen LogP contribution in [0.25, 0.3) is 0 Å². The van der Waals surface area contributed by atoms with E-state index in [1.165, 1.54) is 0 Å². The van der Waals surface area contributed by atoms with Gasteiger partial charge in [-0.05, 0) is 42.0 Å². The molecule has 0 aromatic heterocycles. The van der Waals surface area contributed by atoms with Gasteiger partial charge in [-0.2, -0.15) is 0 Å². The van der Waals surface area contributed by atoms with E-state index >= 15 is 0 Å². The largest absolute Gasteiger partial charge is 0.497 e. The van der Waals surface area contributed by atoms with Gasteiger partial charge in [0.05, 0.1) is 31.5 Å². The lowest BCUT2D eigenvalue weighted by Gasteiger charge is -2.39. The lowest BCUT2D eigenvalue weighted by Crippen LogP contribution is -2.57. The van der Waals surface area contributed by atoms with Crippen molar-refractivity contribution in [1.29, 1.82) is 0 Å². The molecular weight excluding hydrogens is 452 g/mol. The fourth-order valence-corrected chi connectivity index (χ4v) is 3.60. The molecule has 0 aliphatic carbocycles. The van der Waals surface area contributed by atoms with E-state index in [-0.39, 0.29) is 13.2 Å². The quantitative estimate of drug-likeness (QED) is 0.492. The second-order valence-corrected chi connectivity index (χ2v) is 7.90. The molecule has 0 spiro atoms. The number of hydrogen-bond acceptors (Lipinski definition) is 8. The van der Waals surface area contributed by atoms with Crippen LogP contribution in [-0.2, 0) is 25.6 Å². The number of hydrogen-bond donors (Lipinski definition) is 1. The molecule has 3 aromatic rings. The minimum Gasteiger partial charge on any atom is -0.497 e. The van der Waals surface area contributed by atoms with Crippen LogP contribution in [0.15, 0.2) is 84.9 Å². The first-order chi connectivity index (χ1) is 17.0. The third kappa shape index (κ3) is 6.24. The molecule has 3 aromatic carbocycles. The van der Waals surface area contributed by atoms with Gasteiger partial charge >= 0.3 is 11.9 Å². The summed E-state index contributed by atoms with van der Waals surface area (Å²) >= 11 is 0. The lowest BCUT2D eigenvalue weighted by atomic mass is 10.0. The predicted octanol–water partition coefficient (Wildman–Crippen LogP) is 3.38. The Labute approximate surface area is 203 Å². The summed E-state index contributed by atoms with van der Waals surface area (Å²) in [5.41, 5.74) is 1.43. The second kappa shape index (κ2) is 11.6. The first-order valence-electron chi connectivity index (χ1n) is 11.1. The Bertz CT molecular complexity index is 1100. The summed E-state index contributed by atoms with van der Waals surface area (Å²) < 4.78 is 28.0. The van der Waals surface area contributed by atoms with Gasteiger partial charge in [0.25, 0.3) is 0 Å². The van der Waals surface area contributed by atoms with Gasteiger partial charge in [0, 0.05) is 0 Å². The number of methoxy groups -OCH3 is 1. The van der Waals surface area contributed by atoms with Gasteiger partial charge in [-0.15, -0.1) is 0 Å². The summed E-state index contributed by atoms with van der Waals surface area (Å²) in [5.74, 6) is -0.619. The summed E-state index contributed by atoms with van der Waals surface area (Å²) in [6.45, 7) is -0.0388. The van der Waals surface area contributed by atoms with Crippen LogP contribution in [0.2, 0.25) is 0 Å². The minimum atomic E-state index is -1.22. The number of benzene rings is 3. The molecule has 1 fully saturated rings. The summed E-state index contributed by atoms with van der Waals surface area (Å²) in [6.07, 6.45) is -4.72. The Kier molecular flexibility index (Phi) is 8.10. The maximum Gasteiger partial charge on any atom is 0.338 e. The molecule has 8 heteroatoms. The Morgan fingerprint density at radius 3 is 1.91 bits per heavy atom. The van der Waals surface area contributed by atoms with Crippen LogP contribution in [-0.4, -0.2) is 55.4 Å². The Morgan fingerprint density at radius 1 is 0.829 bits per heavy atom. The third-order valence-corrected chi connectivity index (χ3v) is 5.48. The smallest absolute Gasteiger partial charge is 0.338 e. The van der Waals surface area contributed by atoms with Crippen molar-refractivity contribution in [2.24, 2.45) is 0 Å². The molecule has 4 rings (SSSR count). The molecule has 1 N–H and O–H groups in total. The fraction of sp³-hybridized carbons (Fsp3) is 0.259. The molecule has 182 valence electrons. The topological polar surface area (TPSA) is 101 Å². The van der Waals surface area contributed by atoms with Crippen molar-refractivity contribution in [3.05, 3.63) is 102 Å². The molecule has 1 aliphatic rings. The second-order valence-electron chi connectivity index (χ2n) is 7.90. The van der Waals surface area contributed by atoms with E-state index in [0.29, 0.717) is 16.9 Å². The molecule has 0 saturated carbocycles. The molecule has 1 heterocycles. The lowest BCUT2D eigenvalue weighted by molar-refractivity contribution is -0.272. The SMILES string of the molecule is COc1ccc(CO[C@@H]2OC[C@H](O)[C@H](OC(=O)c3ccccc3)[C@H]2OC(=O)c2ccccc2)cc1. The average molecular weight is 478 g/mol. The van der Waals surface area contributed by atoms with Crippen molar-refractivity contribution in [2.45, 2.75) is 31.2 Å². The zero-order chi connectivity index (χ0) is 24.6. The molecule has 35 heavy (non-hydrogen) atoms. The van der Waals surface area contributed by atoms with E-state index in [9.17, 15) is 14.7 Å². The minimum absolute atomic E-state index is 0.128. The number of aliphatic hydroxyl groups excluding tert-OH is 1. The highest BCUT2D eigenvalue weighted by Crippen LogP contribution is 2.26. The first-order valence-corrected chi connectivity index (χ1v) is 11.1. The first kappa shape index (κ1) is 24.4. The number of carbonyl (C=O) groups excluding carboxylic acids is 2. The van der Waals surface area contributed by atoms with Crippen LogP contribution >= 0.6 is 0 Å². The van der Waals surface area contributed by atoms with Gasteiger partial charge in [-0.3, -0.25) is 0 Å². The number of esters is 2. The van der Waals surface area contributed by atoms with Crippen molar-refractivity contribution in [3.8, 4) is 5.75 Å². The number of aliphatic hydroxyl groups is 1. The van der Waals surface area contributed by atoms with Crippen LogP contribution in [0, 0.1) is 0 Å². The van der Waals surface area contributed by atoms with E-state index in [1.807, 2.05) is 12.1 Å². The average Bonchev–Trinajstić information content (AvgIpc) is 2.91. The van der Waals surface area contributed by atoms with E-state index < -0.39 is 36.5 Å². The van der Waals surface area contributed by atoms with Crippen molar-refractivity contribution >= 4 is 11.9 Å². The molecule has 1 saturated heterocycles. The van der Waals surface area contributed by atoms with Gasteiger partial charge in [0.15, 0.2) is 18.5 Å². The van der Waals surface area contributed by atoms with Crippen LogP contribution in [0.4, 0.5) is 0 Å². The summed E-state index contributed by atoms with van der Waals surface area (Å²) in [7, 11) is 1.58. The summed E-state index contributed by atoms with van der Waals surface area (Å²) in [6, 6.07) is 24.0. The van der Waals surface area contributed by atoms with Crippen LogP contribution < -0.4 is 4.74 Å².